The quantitative estimate of drug-likeness (QED) is 0.784. The first-order valence-electron chi connectivity index (χ1n) is 9.18. The maximum atomic E-state index is 12.8. The van der Waals surface area contributed by atoms with Crippen LogP contribution in [0.25, 0.3) is 0 Å². The lowest BCUT2D eigenvalue weighted by Crippen LogP contribution is -2.41. The molecule has 0 aliphatic carbocycles. The van der Waals surface area contributed by atoms with Crippen molar-refractivity contribution in [2.24, 2.45) is 5.92 Å². The minimum atomic E-state index is -0.373. The van der Waals surface area contributed by atoms with E-state index < -0.39 is 0 Å². The zero-order valence-electron chi connectivity index (χ0n) is 14.8. The summed E-state index contributed by atoms with van der Waals surface area (Å²) >= 11 is 0. The highest BCUT2D eigenvalue weighted by molar-refractivity contribution is 5.94. The van der Waals surface area contributed by atoms with E-state index in [2.05, 4.69) is 5.32 Å². The van der Waals surface area contributed by atoms with Crippen molar-refractivity contribution in [3.05, 3.63) is 35.6 Å². The van der Waals surface area contributed by atoms with Gasteiger partial charge in [-0.15, -0.1) is 0 Å². The molecule has 0 bridgehead atoms. The number of carbonyl (C=O) groups excluding carboxylic acids is 2. The lowest BCUT2D eigenvalue weighted by molar-refractivity contribution is -0.136. The first-order chi connectivity index (χ1) is 12.6. The molecule has 7 heteroatoms. The SMILES string of the molecule is O=C(NCCCC(=O)N1CCC(C2OCCO2)CC1)c1ccc(F)cc1. The average Bonchev–Trinajstić information content (AvgIpc) is 3.20. The number of amides is 2. The van der Waals surface area contributed by atoms with Gasteiger partial charge < -0.3 is 19.7 Å². The Kier molecular flexibility index (Phi) is 6.57. The number of rotatable bonds is 6. The fraction of sp³-hybridized carbons (Fsp3) is 0.579. The number of likely N-dealkylation sites (tertiary alicyclic amines) is 1. The van der Waals surface area contributed by atoms with Gasteiger partial charge in [0.2, 0.25) is 5.91 Å². The number of ether oxygens (including phenoxy) is 2. The molecule has 1 aromatic rings. The first-order valence-corrected chi connectivity index (χ1v) is 9.18. The molecular weight excluding hydrogens is 339 g/mol. The number of nitrogens with zero attached hydrogens (tertiary/aromatic N) is 1. The van der Waals surface area contributed by atoms with Gasteiger partial charge in [0.15, 0.2) is 6.29 Å². The number of carbonyl (C=O) groups is 2. The normalized spacial score (nSPS) is 18.9. The van der Waals surface area contributed by atoms with Gasteiger partial charge >= 0.3 is 0 Å². The van der Waals surface area contributed by atoms with E-state index in [1.807, 2.05) is 4.90 Å². The van der Waals surface area contributed by atoms with Crippen LogP contribution in [0.2, 0.25) is 0 Å². The molecule has 0 saturated carbocycles. The largest absolute Gasteiger partial charge is 0.352 e. The molecule has 26 heavy (non-hydrogen) atoms. The van der Waals surface area contributed by atoms with Crippen LogP contribution >= 0.6 is 0 Å². The topological polar surface area (TPSA) is 67.9 Å². The molecule has 2 fully saturated rings. The molecule has 0 radical (unpaired) electrons. The number of benzene rings is 1. The van der Waals surface area contributed by atoms with Crippen molar-refractivity contribution >= 4 is 11.8 Å². The van der Waals surface area contributed by atoms with Crippen LogP contribution in [-0.4, -0.2) is 55.9 Å². The Morgan fingerprint density at radius 3 is 2.42 bits per heavy atom. The number of halogens is 1. The van der Waals surface area contributed by atoms with E-state index in [0.717, 1.165) is 25.9 Å². The molecule has 1 aromatic carbocycles. The molecule has 0 atom stereocenters. The molecule has 142 valence electrons. The standard InChI is InChI=1S/C19H25FN2O4/c20-16-5-3-14(4-6-16)18(24)21-9-1-2-17(23)22-10-7-15(8-11-22)19-25-12-13-26-19/h3-6,15,19H,1-2,7-13H2,(H,21,24). The molecule has 0 spiro atoms. The van der Waals surface area contributed by atoms with Crippen LogP contribution in [-0.2, 0) is 14.3 Å². The summed E-state index contributed by atoms with van der Waals surface area (Å²) < 4.78 is 23.9. The molecule has 2 aliphatic rings. The van der Waals surface area contributed by atoms with Gasteiger partial charge in [0.05, 0.1) is 13.2 Å². The van der Waals surface area contributed by atoms with Gasteiger partial charge in [0.1, 0.15) is 5.82 Å². The summed E-state index contributed by atoms with van der Waals surface area (Å²) in [5.74, 6) is -0.138. The molecule has 0 aromatic heterocycles. The van der Waals surface area contributed by atoms with Crippen molar-refractivity contribution in [2.75, 3.05) is 32.8 Å². The van der Waals surface area contributed by atoms with Crippen molar-refractivity contribution in [1.82, 2.24) is 10.2 Å². The van der Waals surface area contributed by atoms with E-state index in [0.29, 0.717) is 44.1 Å². The molecule has 3 rings (SSSR count). The van der Waals surface area contributed by atoms with E-state index in [1.54, 1.807) is 0 Å². The third kappa shape index (κ3) is 5.02. The summed E-state index contributed by atoms with van der Waals surface area (Å²) in [5, 5.41) is 2.76. The number of nitrogens with one attached hydrogen (secondary N) is 1. The van der Waals surface area contributed by atoms with Gasteiger partial charge in [-0.05, 0) is 43.5 Å². The Labute approximate surface area is 152 Å². The van der Waals surface area contributed by atoms with Gasteiger partial charge in [-0.25, -0.2) is 4.39 Å². The molecule has 0 unspecified atom stereocenters. The fourth-order valence-electron chi connectivity index (χ4n) is 3.37. The first kappa shape index (κ1) is 18.8. The number of hydrogen-bond acceptors (Lipinski definition) is 4. The molecule has 2 heterocycles. The Balaban J connectivity index is 1.32. The maximum absolute atomic E-state index is 12.8. The smallest absolute Gasteiger partial charge is 0.251 e. The highest BCUT2D eigenvalue weighted by Crippen LogP contribution is 2.26. The van der Waals surface area contributed by atoms with Gasteiger partial charge in [-0.2, -0.15) is 0 Å². The van der Waals surface area contributed by atoms with Crippen LogP contribution in [0.15, 0.2) is 24.3 Å². The van der Waals surface area contributed by atoms with Gasteiger partial charge in [0, 0.05) is 37.5 Å². The van der Waals surface area contributed by atoms with E-state index in [9.17, 15) is 14.0 Å². The summed E-state index contributed by atoms with van der Waals surface area (Å²) in [6, 6.07) is 5.39. The van der Waals surface area contributed by atoms with Gasteiger partial charge in [-0.3, -0.25) is 9.59 Å². The predicted molar refractivity (Wildman–Crippen MR) is 93.0 cm³/mol. The highest BCUT2D eigenvalue weighted by atomic mass is 19.1. The van der Waals surface area contributed by atoms with E-state index in [-0.39, 0.29) is 23.9 Å². The number of hydrogen-bond donors (Lipinski definition) is 1. The molecular formula is C19H25FN2O4. The zero-order chi connectivity index (χ0) is 18.4. The van der Waals surface area contributed by atoms with E-state index >= 15 is 0 Å². The predicted octanol–water partition coefficient (Wildman–Crippen LogP) is 1.95. The second-order valence-corrected chi connectivity index (χ2v) is 6.69. The van der Waals surface area contributed by atoms with Gasteiger partial charge in [0.25, 0.3) is 5.91 Å². The third-order valence-corrected chi connectivity index (χ3v) is 4.88. The van der Waals surface area contributed by atoms with Gasteiger partial charge in [-0.1, -0.05) is 0 Å². The maximum Gasteiger partial charge on any atom is 0.251 e. The van der Waals surface area contributed by atoms with Crippen molar-refractivity contribution in [1.29, 1.82) is 0 Å². The monoisotopic (exact) mass is 364 g/mol. The van der Waals surface area contributed by atoms with Crippen LogP contribution in [0.1, 0.15) is 36.0 Å². The second kappa shape index (κ2) is 9.09. The summed E-state index contributed by atoms with van der Waals surface area (Å²) in [6.07, 6.45) is 2.69. The number of piperidine rings is 1. The Hall–Kier alpha value is -1.99. The molecule has 1 N–H and O–H groups in total. The van der Waals surface area contributed by atoms with Crippen LogP contribution in [0.4, 0.5) is 4.39 Å². The van der Waals surface area contributed by atoms with Crippen molar-refractivity contribution in [2.45, 2.75) is 32.0 Å². The Bertz CT molecular complexity index is 608. The molecule has 2 amide bonds. The molecule has 2 saturated heterocycles. The van der Waals surface area contributed by atoms with Crippen LogP contribution in [0.5, 0.6) is 0 Å². The summed E-state index contributed by atoms with van der Waals surface area (Å²) in [6.45, 7) is 3.20. The average molecular weight is 364 g/mol. The zero-order valence-corrected chi connectivity index (χ0v) is 14.8. The Morgan fingerprint density at radius 2 is 1.77 bits per heavy atom. The van der Waals surface area contributed by atoms with E-state index in [4.69, 9.17) is 9.47 Å². The summed E-state index contributed by atoms with van der Waals surface area (Å²) in [4.78, 5) is 26.1. The summed E-state index contributed by atoms with van der Waals surface area (Å²) in [7, 11) is 0. The minimum absolute atomic E-state index is 0.103. The highest BCUT2D eigenvalue weighted by Gasteiger charge is 2.31. The van der Waals surface area contributed by atoms with Crippen LogP contribution in [0, 0.1) is 11.7 Å². The summed E-state index contributed by atoms with van der Waals surface area (Å²) in [5.41, 5.74) is 0.413. The lowest BCUT2D eigenvalue weighted by atomic mass is 9.96. The lowest BCUT2D eigenvalue weighted by Gasteiger charge is -2.34. The molecule has 6 nitrogen and oxygen atoms in total. The molecule has 2 aliphatic heterocycles. The minimum Gasteiger partial charge on any atom is -0.352 e. The van der Waals surface area contributed by atoms with Crippen molar-refractivity contribution in [3.8, 4) is 0 Å². The second-order valence-electron chi connectivity index (χ2n) is 6.69. The van der Waals surface area contributed by atoms with Crippen LogP contribution in [0.3, 0.4) is 0 Å². The van der Waals surface area contributed by atoms with Crippen molar-refractivity contribution < 1.29 is 23.5 Å². The van der Waals surface area contributed by atoms with Crippen molar-refractivity contribution in [3.63, 3.8) is 0 Å². The third-order valence-electron chi connectivity index (χ3n) is 4.88. The Morgan fingerprint density at radius 1 is 1.12 bits per heavy atom. The fourth-order valence-corrected chi connectivity index (χ4v) is 3.37. The van der Waals surface area contributed by atoms with Crippen LogP contribution < -0.4 is 5.32 Å². The van der Waals surface area contributed by atoms with E-state index in [1.165, 1.54) is 24.3 Å².